The molecule has 3 rings (SSSR count). The zero-order valence-electron chi connectivity index (χ0n) is 13.7. The fourth-order valence-corrected chi connectivity index (χ4v) is 3.73. The number of allylic oxidation sites excluding steroid dienone is 1. The number of fused-ring (bicyclic) bond motifs is 2. The molecule has 3 aliphatic rings. The topological polar surface area (TPSA) is 110 Å². The minimum atomic E-state index is -2.17. The monoisotopic (exact) mass is 334 g/mol. The Labute approximate surface area is 138 Å². The van der Waals surface area contributed by atoms with Crippen molar-refractivity contribution in [3.8, 4) is 0 Å². The summed E-state index contributed by atoms with van der Waals surface area (Å²) in [5, 5.41) is 21.0. The van der Waals surface area contributed by atoms with E-state index in [9.17, 15) is 24.6 Å². The predicted octanol–water partition coefficient (Wildman–Crippen LogP) is 1.09. The number of ketones is 1. The molecule has 2 N–H and O–H groups in total. The Morgan fingerprint density at radius 3 is 2.58 bits per heavy atom. The summed E-state index contributed by atoms with van der Waals surface area (Å²) in [6, 6.07) is 0. The van der Waals surface area contributed by atoms with E-state index in [1.165, 1.54) is 19.9 Å². The van der Waals surface area contributed by atoms with Crippen molar-refractivity contribution >= 4 is 17.7 Å². The molecule has 0 fully saturated rings. The average Bonchev–Trinajstić information content (AvgIpc) is 2.75. The van der Waals surface area contributed by atoms with Crippen molar-refractivity contribution in [2.45, 2.75) is 39.4 Å². The van der Waals surface area contributed by atoms with E-state index in [-0.39, 0.29) is 11.3 Å². The number of ether oxygens (including phenoxy) is 2. The van der Waals surface area contributed by atoms with Crippen LogP contribution in [0.15, 0.2) is 34.8 Å². The molecule has 0 aromatic rings. The summed E-state index contributed by atoms with van der Waals surface area (Å²) in [5.41, 5.74) is -2.88. The highest BCUT2D eigenvalue weighted by molar-refractivity contribution is 6.04. The third-order valence-electron chi connectivity index (χ3n) is 5.36. The number of hydrogen-bond acceptors (Lipinski definition) is 7. The summed E-state index contributed by atoms with van der Waals surface area (Å²) < 4.78 is 10.5. The van der Waals surface area contributed by atoms with E-state index < -0.39 is 46.5 Å². The zero-order valence-corrected chi connectivity index (χ0v) is 13.7. The van der Waals surface area contributed by atoms with Crippen LogP contribution in [-0.4, -0.2) is 39.6 Å². The average molecular weight is 334 g/mol. The quantitative estimate of drug-likeness (QED) is 0.691. The van der Waals surface area contributed by atoms with Crippen LogP contribution in [0, 0.1) is 11.3 Å². The fraction of sp³-hybridized carbons (Fsp3) is 0.471. The van der Waals surface area contributed by atoms with Crippen LogP contribution in [0.4, 0.5) is 0 Å². The molecule has 0 unspecified atom stereocenters. The van der Waals surface area contributed by atoms with Gasteiger partial charge < -0.3 is 19.7 Å². The number of aliphatic hydroxyl groups excluding tert-OH is 1. The van der Waals surface area contributed by atoms with Crippen molar-refractivity contribution in [3.05, 3.63) is 34.8 Å². The summed E-state index contributed by atoms with van der Waals surface area (Å²) in [6.45, 7) is 6.01. The molecule has 1 heterocycles. The fourth-order valence-electron chi connectivity index (χ4n) is 3.73. The Hall–Kier alpha value is -2.41. The molecule has 0 spiro atoms. The summed E-state index contributed by atoms with van der Waals surface area (Å²) in [5.74, 6) is -3.29. The first-order valence-electron chi connectivity index (χ1n) is 7.55. The molecule has 0 saturated heterocycles. The maximum Gasteiger partial charge on any atom is 0.339 e. The Balaban J connectivity index is 2.33. The molecule has 24 heavy (non-hydrogen) atoms. The zero-order chi connectivity index (χ0) is 18.0. The van der Waals surface area contributed by atoms with Gasteiger partial charge in [0.05, 0.1) is 5.41 Å². The number of carbonyl (C=O) groups is 3. The van der Waals surface area contributed by atoms with Gasteiger partial charge >= 0.3 is 11.9 Å². The van der Waals surface area contributed by atoms with Gasteiger partial charge in [0, 0.05) is 18.1 Å². The van der Waals surface area contributed by atoms with Gasteiger partial charge in [-0.25, -0.2) is 4.79 Å². The first kappa shape index (κ1) is 16.4. The minimum absolute atomic E-state index is 0.0148. The van der Waals surface area contributed by atoms with Crippen molar-refractivity contribution in [1.29, 1.82) is 0 Å². The van der Waals surface area contributed by atoms with Gasteiger partial charge in [-0.3, -0.25) is 9.59 Å². The SMILES string of the molecule is CC(=O)O[C@@H]1C2=C(C)C(=O)OC2=C[C@]2(O)C(=O)C(O)=C[C@H](C)[C@@]12C. The molecule has 7 heteroatoms. The maximum atomic E-state index is 12.5. The van der Waals surface area contributed by atoms with Crippen molar-refractivity contribution in [2.24, 2.45) is 11.3 Å². The van der Waals surface area contributed by atoms with Gasteiger partial charge in [-0.2, -0.15) is 0 Å². The lowest BCUT2D eigenvalue weighted by Crippen LogP contribution is -2.65. The molecule has 0 bridgehead atoms. The Morgan fingerprint density at radius 2 is 2.00 bits per heavy atom. The molecule has 0 saturated carbocycles. The maximum absolute atomic E-state index is 12.5. The van der Waals surface area contributed by atoms with Crippen molar-refractivity contribution in [3.63, 3.8) is 0 Å². The van der Waals surface area contributed by atoms with Crippen LogP contribution in [0.25, 0.3) is 0 Å². The van der Waals surface area contributed by atoms with E-state index in [4.69, 9.17) is 9.47 Å². The van der Waals surface area contributed by atoms with Gasteiger partial charge in [-0.1, -0.05) is 13.8 Å². The molecule has 0 radical (unpaired) electrons. The van der Waals surface area contributed by atoms with Crippen LogP contribution < -0.4 is 0 Å². The smallest absolute Gasteiger partial charge is 0.339 e. The number of hydrogen-bond donors (Lipinski definition) is 2. The van der Waals surface area contributed by atoms with Crippen LogP contribution in [0.2, 0.25) is 0 Å². The van der Waals surface area contributed by atoms with Crippen LogP contribution >= 0.6 is 0 Å². The molecule has 0 amide bonds. The van der Waals surface area contributed by atoms with Gasteiger partial charge in [0.25, 0.3) is 0 Å². The molecule has 128 valence electrons. The van der Waals surface area contributed by atoms with E-state index >= 15 is 0 Å². The summed E-state index contributed by atoms with van der Waals surface area (Å²) in [4.78, 5) is 36.1. The number of rotatable bonds is 1. The molecule has 0 aromatic carbocycles. The van der Waals surface area contributed by atoms with Gasteiger partial charge in [0.15, 0.2) is 11.4 Å². The van der Waals surface area contributed by atoms with Crippen LogP contribution in [0.5, 0.6) is 0 Å². The lowest BCUT2D eigenvalue weighted by Gasteiger charge is -2.53. The second-order valence-corrected chi connectivity index (χ2v) is 6.65. The second kappa shape index (κ2) is 4.80. The number of esters is 2. The standard InChI is InChI=1S/C17H18O7/c1-7-5-10(19)13(20)17(22)6-11-12(8(2)15(21)24-11)14(16(7,17)4)23-9(3)18/h5-7,14,19,22H,1-4H3/t7-,14+,16-,17-/m0/s1. The summed E-state index contributed by atoms with van der Waals surface area (Å²) in [7, 11) is 0. The highest BCUT2D eigenvalue weighted by atomic mass is 16.6. The van der Waals surface area contributed by atoms with Crippen molar-refractivity contribution < 1.29 is 34.1 Å². The van der Waals surface area contributed by atoms with Crippen LogP contribution in [-0.2, 0) is 23.9 Å². The van der Waals surface area contributed by atoms with Crippen LogP contribution in [0.1, 0.15) is 27.7 Å². The molecule has 1 aliphatic heterocycles. The molecule has 2 aliphatic carbocycles. The predicted molar refractivity (Wildman–Crippen MR) is 80.4 cm³/mol. The molecule has 7 nitrogen and oxygen atoms in total. The second-order valence-electron chi connectivity index (χ2n) is 6.65. The lowest BCUT2D eigenvalue weighted by atomic mass is 9.54. The van der Waals surface area contributed by atoms with Gasteiger partial charge in [-0.15, -0.1) is 0 Å². The Morgan fingerprint density at radius 1 is 1.38 bits per heavy atom. The Kier molecular flexibility index (Phi) is 3.29. The van der Waals surface area contributed by atoms with Crippen LogP contribution in [0.3, 0.4) is 0 Å². The summed E-state index contributed by atoms with van der Waals surface area (Å²) in [6.07, 6.45) is 1.38. The van der Waals surface area contributed by atoms with Gasteiger partial charge in [-0.05, 0) is 25.0 Å². The summed E-state index contributed by atoms with van der Waals surface area (Å²) >= 11 is 0. The highest BCUT2D eigenvalue weighted by Gasteiger charge is 2.66. The normalized spacial score (nSPS) is 38.0. The van der Waals surface area contributed by atoms with E-state index in [1.807, 2.05) is 0 Å². The Bertz CT molecular complexity index is 772. The van der Waals surface area contributed by atoms with Crippen molar-refractivity contribution in [1.82, 2.24) is 0 Å². The number of carbonyl (C=O) groups excluding carboxylic acids is 3. The first-order valence-corrected chi connectivity index (χ1v) is 7.55. The van der Waals surface area contributed by atoms with Gasteiger partial charge in [0.1, 0.15) is 11.9 Å². The molecule has 4 atom stereocenters. The minimum Gasteiger partial charge on any atom is -0.505 e. The number of Topliss-reactive ketones (excluding diaryl/α,β-unsaturated/α-hetero) is 1. The van der Waals surface area contributed by atoms with E-state index in [0.717, 1.165) is 6.08 Å². The van der Waals surface area contributed by atoms with E-state index in [1.54, 1.807) is 13.8 Å². The first-order chi connectivity index (χ1) is 11.0. The van der Waals surface area contributed by atoms with Crippen molar-refractivity contribution in [2.75, 3.05) is 0 Å². The largest absolute Gasteiger partial charge is 0.505 e. The lowest BCUT2D eigenvalue weighted by molar-refractivity contribution is -0.179. The van der Waals surface area contributed by atoms with E-state index in [0.29, 0.717) is 5.57 Å². The van der Waals surface area contributed by atoms with Gasteiger partial charge in [0.2, 0.25) is 5.78 Å². The molecular weight excluding hydrogens is 316 g/mol. The number of aliphatic hydroxyl groups is 2. The third kappa shape index (κ3) is 1.78. The third-order valence-corrected chi connectivity index (χ3v) is 5.36. The highest BCUT2D eigenvalue weighted by Crippen LogP contribution is 2.56. The molecule has 0 aromatic heterocycles. The molecular formula is C17H18O7. The van der Waals surface area contributed by atoms with E-state index in [2.05, 4.69) is 0 Å².